The molecule has 1 aliphatic rings. The van der Waals surface area contributed by atoms with E-state index in [1.165, 1.54) is 0 Å². The minimum atomic E-state index is -0.0153. The van der Waals surface area contributed by atoms with Crippen molar-refractivity contribution in [2.75, 3.05) is 33.9 Å². The van der Waals surface area contributed by atoms with Crippen LogP contribution in [0.5, 0.6) is 0 Å². The number of carbonyl (C=O) groups excluding carboxylic acids is 1. The van der Waals surface area contributed by atoms with Gasteiger partial charge in [0.05, 0.1) is 18.6 Å². The molecule has 2 heterocycles. The third-order valence-corrected chi connectivity index (χ3v) is 4.17. The molecule has 1 saturated heterocycles. The molecule has 0 aliphatic carbocycles. The van der Waals surface area contributed by atoms with Crippen LogP contribution in [-0.2, 0) is 9.53 Å². The third kappa shape index (κ3) is 3.15. The molecule has 3 rings (SSSR count). The van der Waals surface area contributed by atoms with Crippen LogP contribution in [0.4, 0.5) is 0 Å². The summed E-state index contributed by atoms with van der Waals surface area (Å²) in [5.41, 5.74) is 0.875. The Morgan fingerprint density at radius 2 is 2.23 bits per heavy atom. The number of nitrogens with zero attached hydrogens (tertiary/aromatic N) is 1. The van der Waals surface area contributed by atoms with Crippen LogP contribution in [0.1, 0.15) is 18.2 Å². The maximum atomic E-state index is 12.1. The fraction of sp³-hybridized carbons (Fsp3) is 0.471. The van der Waals surface area contributed by atoms with Gasteiger partial charge in [0.25, 0.3) is 0 Å². The van der Waals surface area contributed by atoms with E-state index < -0.39 is 0 Å². The van der Waals surface area contributed by atoms with Gasteiger partial charge < -0.3 is 14.5 Å². The summed E-state index contributed by atoms with van der Waals surface area (Å²) in [6.45, 7) is 1.74. The van der Waals surface area contributed by atoms with Crippen molar-refractivity contribution in [1.29, 1.82) is 0 Å². The lowest BCUT2D eigenvalue weighted by atomic mass is 10.1. The lowest BCUT2D eigenvalue weighted by Crippen LogP contribution is -2.37. The first-order valence-electron chi connectivity index (χ1n) is 7.65. The fourth-order valence-electron chi connectivity index (χ4n) is 2.79. The Kier molecular flexibility index (Phi) is 4.45. The Morgan fingerprint density at radius 1 is 1.41 bits per heavy atom. The van der Waals surface area contributed by atoms with E-state index in [9.17, 15) is 4.79 Å². The van der Waals surface area contributed by atoms with Gasteiger partial charge >= 0.3 is 0 Å². The third-order valence-electron chi connectivity index (χ3n) is 4.17. The smallest absolute Gasteiger partial charge is 0.225 e. The number of likely N-dealkylation sites (N-methyl/N-ethyl adjacent to an activating group) is 1. The highest BCUT2D eigenvalue weighted by Gasteiger charge is 2.25. The van der Waals surface area contributed by atoms with E-state index in [1.54, 1.807) is 0 Å². The number of fused-ring (bicyclic) bond motifs is 1. The summed E-state index contributed by atoms with van der Waals surface area (Å²) in [4.78, 5) is 14.2. The molecular weight excluding hydrogens is 280 g/mol. The molecule has 1 fully saturated rings. The van der Waals surface area contributed by atoms with Crippen molar-refractivity contribution >= 4 is 16.9 Å². The van der Waals surface area contributed by atoms with Crippen LogP contribution in [0.15, 0.2) is 34.7 Å². The largest absolute Gasteiger partial charge is 0.459 e. The molecular formula is C17H22N2O3. The molecule has 1 aliphatic heterocycles. The van der Waals surface area contributed by atoms with Crippen LogP contribution in [0.3, 0.4) is 0 Å². The summed E-state index contributed by atoms with van der Waals surface area (Å²) in [6.07, 6.45) is 0.809. The highest BCUT2D eigenvalue weighted by molar-refractivity contribution is 5.79. The minimum absolute atomic E-state index is 0.0127. The van der Waals surface area contributed by atoms with Gasteiger partial charge in [-0.3, -0.25) is 9.69 Å². The van der Waals surface area contributed by atoms with Gasteiger partial charge in [-0.15, -0.1) is 0 Å². The maximum Gasteiger partial charge on any atom is 0.225 e. The lowest BCUT2D eigenvalue weighted by Gasteiger charge is -2.23. The average molecular weight is 302 g/mol. The number of hydrogen-bond acceptors (Lipinski definition) is 4. The van der Waals surface area contributed by atoms with Crippen molar-refractivity contribution in [3.05, 3.63) is 36.1 Å². The first-order chi connectivity index (χ1) is 10.6. The first-order valence-corrected chi connectivity index (χ1v) is 7.65. The zero-order valence-corrected chi connectivity index (χ0v) is 13.0. The molecule has 1 aromatic carbocycles. The molecule has 2 atom stereocenters. The van der Waals surface area contributed by atoms with Crippen molar-refractivity contribution in [2.45, 2.75) is 12.5 Å². The standard InChI is InChI=1S/C17H22N2O3/c1-19(2)14(10-18-17(20)13-7-8-21-11-13)16-9-12-5-3-4-6-15(12)22-16/h3-6,9,13-14H,7-8,10-11H2,1-2H3,(H,18,20)/t13-,14+/m0/s1. The van der Waals surface area contributed by atoms with Crippen LogP contribution in [0.25, 0.3) is 11.0 Å². The SMILES string of the molecule is CN(C)[C@H](CNC(=O)[C@H]1CCOC1)c1cc2ccccc2o1. The maximum absolute atomic E-state index is 12.1. The highest BCUT2D eigenvalue weighted by atomic mass is 16.5. The number of benzene rings is 1. The molecule has 0 bridgehead atoms. The van der Waals surface area contributed by atoms with E-state index in [0.29, 0.717) is 19.8 Å². The summed E-state index contributed by atoms with van der Waals surface area (Å²) in [5.74, 6) is 0.924. The van der Waals surface area contributed by atoms with Gasteiger partial charge in [-0.25, -0.2) is 0 Å². The lowest BCUT2D eigenvalue weighted by molar-refractivity contribution is -0.125. The number of rotatable bonds is 5. The Balaban J connectivity index is 1.70. The normalized spacial score (nSPS) is 19.7. The van der Waals surface area contributed by atoms with Gasteiger partial charge in [-0.1, -0.05) is 18.2 Å². The topological polar surface area (TPSA) is 54.7 Å². The monoisotopic (exact) mass is 302 g/mol. The van der Waals surface area contributed by atoms with Crippen LogP contribution in [0.2, 0.25) is 0 Å². The molecule has 5 nitrogen and oxygen atoms in total. The number of nitrogens with one attached hydrogen (secondary N) is 1. The molecule has 0 radical (unpaired) electrons. The second-order valence-electron chi connectivity index (χ2n) is 5.97. The number of carbonyl (C=O) groups is 1. The van der Waals surface area contributed by atoms with E-state index in [1.807, 2.05) is 44.4 Å². The van der Waals surface area contributed by atoms with Crippen LogP contribution >= 0.6 is 0 Å². The van der Waals surface area contributed by atoms with Gasteiger partial charge in [0.1, 0.15) is 11.3 Å². The van der Waals surface area contributed by atoms with Crippen LogP contribution in [-0.4, -0.2) is 44.7 Å². The van der Waals surface area contributed by atoms with Gasteiger partial charge in [0.15, 0.2) is 0 Å². The number of amides is 1. The molecule has 0 unspecified atom stereocenters. The molecule has 1 aromatic heterocycles. The van der Waals surface area contributed by atoms with E-state index in [-0.39, 0.29) is 17.9 Å². The quantitative estimate of drug-likeness (QED) is 0.920. The number of furan rings is 1. The van der Waals surface area contributed by atoms with Gasteiger partial charge in [-0.2, -0.15) is 0 Å². The summed E-state index contributed by atoms with van der Waals surface area (Å²) in [5, 5.41) is 4.11. The molecule has 5 heteroatoms. The van der Waals surface area contributed by atoms with Crippen molar-refractivity contribution in [1.82, 2.24) is 10.2 Å². The Labute approximate surface area is 130 Å². The van der Waals surface area contributed by atoms with Crippen LogP contribution < -0.4 is 5.32 Å². The molecule has 118 valence electrons. The van der Waals surface area contributed by atoms with Crippen molar-refractivity contribution in [3.63, 3.8) is 0 Å². The number of para-hydroxylation sites is 1. The fourth-order valence-corrected chi connectivity index (χ4v) is 2.79. The highest BCUT2D eigenvalue weighted by Crippen LogP contribution is 2.26. The van der Waals surface area contributed by atoms with Gasteiger partial charge in [0, 0.05) is 18.5 Å². The molecule has 0 spiro atoms. The second kappa shape index (κ2) is 6.50. The van der Waals surface area contributed by atoms with E-state index in [2.05, 4.69) is 10.2 Å². The minimum Gasteiger partial charge on any atom is -0.459 e. The predicted molar refractivity (Wildman–Crippen MR) is 84.6 cm³/mol. The molecule has 2 aromatic rings. The zero-order chi connectivity index (χ0) is 15.5. The first kappa shape index (κ1) is 15.1. The molecule has 1 N–H and O–H groups in total. The predicted octanol–water partition coefficient (Wildman–Crippen LogP) is 2.19. The van der Waals surface area contributed by atoms with Gasteiger partial charge in [0.2, 0.25) is 5.91 Å². The van der Waals surface area contributed by atoms with Crippen molar-refractivity contribution < 1.29 is 13.9 Å². The summed E-state index contributed by atoms with van der Waals surface area (Å²) >= 11 is 0. The summed E-state index contributed by atoms with van der Waals surface area (Å²) < 4.78 is 11.2. The van der Waals surface area contributed by atoms with Crippen molar-refractivity contribution in [2.24, 2.45) is 5.92 Å². The zero-order valence-electron chi connectivity index (χ0n) is 13.0. The molecule has 22 heavy (non-hydrogen) atoms. The van der Waals surface area contributed by atoms with E-state index in [0.717, 1.165) is 23.2 Å². The number of ether oxygens (including phenoxy) is 1. The average Bonchev–Trinajstić information content (AvgIpc) is 3.16. The Hall–Kier alpha value is -1.85. The number of hydrogen-bond donors (Lipinski definition) is 1. The second-order valence-corrected chi connectivity index (χ2v) is 5.97. The van der Waals surface area contributed by atoms with Crippen molar-refractivity contribution in [3.8, 4) is 0 Å². The van der Waals surface area contributed by atoms with E-state index >= 15 is 0 Å². The Bertz CT molecular complexity index is 611. The van der Waals surface area contributed by atoms with Crippen LogP contribution in [0, 0.1) is 5.92 Å². The molecule has 0 saturated carbocycles. The summed E-state index contributed by atoms with van der Waals surface area (Å²) in [7, 11) is 3.98. The molecule has 1 amide bonds. The summed E-state index contributed by atoms with van der Waals surface area (Å²) in [6, 6.07) is 10.0. The van der Waals surface area contributed by atoms with E-state index in [4.69, 9.17) is 9.15 Å². The Morgan fingerprint density at radius 3 is 2.91 bits per heavy atom. The van der Waals surface area contributed by atoms with Gasteiger partial charge in [-0.05, 0) is 32.6 Å².